The van der Waals surface area contributed by atoms with Crippen LogP contribution < -0.4 is 15.0 Å². The van der Waals surface area contributed by atoms with Gasteiger partial charge in [0.15, 0.2) is 6.61 Å². The van der Waals surface area contributed by atoms with Crippen molar-refractivity contribution in [3.05, 3.63) is 46.7 Å². The minimum absolute atomic E-state index is 0.0705. The Morgan fingerprint density at radius 3 is 2.83 bits per heavy atom. The average molecular weight is 348 g/mol. The Morgan fingerprint density at radius 1 is 1.33 bits per heavy atom. The lowest BCUT2D eigenvalue weighted by atomic mass is 10.2. The number of benzene rings is 1. The average Bonchev–Trinajstić information content (AvgIpc) is 2.87. The van der Waals surface area contributed by atoms with Gasteiger partial charge >= 0.3 is 0 Å². The molecule has 0 spiro atoms. The molecule has 0 atom stereocenters. The fourth-order valence-corrected chi connectivity index (χ4v) is 2.75. The number of nitrogens with one attached hydrogen (secondary N) is 1. The summed E-state index contributed by atoms with van der Waals surface area (Å²) in [5, 5.41) is 3.32. The first-order valence-electron chi connectivity index (χ1n) is 7.56. The van der Waals surface area contributed by atoms with Crippen molar-refractivity contribution in [2.75, 3.05) is 18.1 Å². The predicted octanol–water partition coefficient (Wildman–Crippen LogP) is 2.03. The molecule has 1 N–H and O–H groups in total. The SMILES string of the molecule is Cc1ccc(CNC(=O)CN2C(=O)COc3ccc(Cl)cc32)n1C. The van der Waals surface area contributed by atoms with Crippen LogP contribution in [0.3, 0.4) is 0 Å². The molecule has 2 amide bonds. The molecule has 0 saturated heterocycles. The van der Waals surface area contributed by atoms with Crippen molar-refractivity contribution >= 4 is 29.1 Å². The molecule has 2 aromatic rings. The lowest BCUT2D eigenvalue weighted by Gasteiger charge is -2.29. The van der Waals surface area contributed by atoms with E-state index >= 15 is 0 Å². The van der Waals surface area contributed by atoms with Crippen LogP contribution in [0.5, 0.6) is 5.75 Å². The van der Waals surface area contributed by atoms with E-state index in [9.17, 15) is 9.59 Å². The van der Waals surface area contributed by atoms with Crippen LogP contribution in [0.15, 0.2) is 30.3 Å². The summed E-state index contributed by atoms with van der Waals surface area (Å²) in [5.41, 5.74) is 2.63. The topological polar surface area (TPSA) is 63.6 Å². The van der Waals surface area contributed by atoms with Gasteiger partial charge in [-0.15, -0.1) is 0 Å². The Balaban J connectivity index is 1.69. The highest BCUT2D eigenvalue weighted by Crippen LogP contribution is 2.34. The number of ether oxygens (including phenoxy) is 1. The van der Waals surface area contributed by atoms with Crippen LogP contribution in [-0.4, -0.2) is 29.5 Å². The van der Waals surface area contributed by atoms with E-state index < -0.39 is 0 Å². The van der Waals surface area contributed by atoms with Crippen LogP contribution in [0, 0.1) is 6.92 Å². The highest BCUT2D eigenvalue weighted by atomic mass is 35.5. The van der Waals surface area contributed by atoms with Crippen LogP contribution >= 0.6 is 11.6 Å². The van der Waals surface area contributed by atoms with E-state index in [4.69, 9.17) is 16.3 Å². The van der Waals surface area contributed by atoms with Crippen LogP contribution in [0.4, 0.5) is 5.69 Å². The number of nitrogens with zero attached hydrogens (tertiary/aromatic N) is 2. The zero-order valence-electron chi connectivity index (χ0n) is 13.5. The van der Waals surface area contributed by atoms with Crippen LogP contribution in [0.2, 0.25) is 5.02 Å². The van der Waals surface area contributed by atoms with E-state index in [1.807, 2.05) is 30.7 Å². The number of fused-ring (bicyclic) bond motifs is 1. The summed E-state index contributed by atoms with van der Waals surface area (Å²) in [6.45, 7) is 2.25. The number of carbonyl (C=O) groups is 2. The van der Waals surface area contributed by atoms with Gasteiger partial charge in [-0.05, 0) is 37.3 Å². The van der Waals surface area contributed by atoms with Gasteiger partial charge in [-0.25, -0.2) is 0 Å². The molecular weight excluding hydrogens is 330 g/mol. The summed E-state index contributed by atoms with van der Waals surface area (Å²) in [4.78, 5) is 25.8. The summed E-state index contributed by atoms with van der Waals surface area (Å²) in [5.74, 6) is 0.0366. The molecule has 1 aromatic heterocycles. The standard InChI is InChI=1S/C17H18ClN3O3/c1-11-3-5-13(20(11)2)8-19-16(22)9-21-14-7-12(18)4-6-15(14)24-10-17(21)23/h3-7H,8-10H2,1-2H3,(H,19,22). The molecule has 2 heterocycles. The molecule has 0 radical (unpaired) electrons. The number of aromatic nitrogens is 1. The number of aryl methyl sites for hydroxylation is 1. The number of amides is 2. The monoisotopic (exact) mass is 347 g/mol. The number of anilines is 1. The Hall–Kier alpha value is -2.47. The molecule has 0 bridgehead atoms. The van der Waals surface area contributed by atoms with Gasteiger partial charge in [0.1, 0.15) is 12.3 Å². The molecular formula is C17H18ClN3O3. The predicted molar refractivity (Wildman–Crippen MR) is 91.3 cm³/mol. The highest BCUT2D eigenvalue weighted by Gasteiger charge is 2.27. The third-order valence-electron chi connectivity index (χ3n) is 4.11. The van der Waals surface area contributed by atoms with Gasteiger partial charge in [-0.2, -0.15) is 0 Å². The summed E-state index contributed by atoms with van der Waals surface area (Å²) >= 11 is 5.99. The second-order valence-corrected chi connectivity index (χ2v) is 6.12. The van der Waals surface area contributed by atoms with Crippen molar-refractivity contribution in [2.45, 2.75) is 13.5 Å². The second kappa shape index (κ2) is 6.57. The van der Waals surface area contributed by atoms with E-state index in [0.717, 1.165) is 11.4 Å². The maximum atomic E-state index is 12.3. The summed E-state index contributed by atoms with van der Waals surface area (Å²) in [6.07, 6.45) is 0. The molecule has 0 aliphatic carbocycles. The third-order valence-corrected chi connectivity index (χ3v) is 4.34. The summed E-state index contributed by atoms with van der Waals surface area (Å²) in [7, 11) is 1.95. The molecule has 1 aliphatic heterocycles. The maximum absolute atomic E-state index is 12.3. The van der Waals surface area contributed by atoms with Crippen LogP contribution in [-0.2, 0) is 23.2 Å². The first kappa shape index (κ1) is 16.4. The normalized spacial score (nSPS) is 13.5. The lowest BCUT2D eigenvalue weighted by molar-refractivity contribution is -0.125. The second-order valence-electron chi connectivity index (χ2n) is 5.68. The number of halogens is 1. The van der Waals surface area contributed by atoms with Gasteiger partial charge < -0.3 is 14.6 Å². The van der Waals surface area contributed by atoms with E-state index in [2.05, 4.69) is 5.32 Å². The van der Waals surface area contributed by atoms with Crippen molar-refractivity contribution in [2.24, 2.45) is 7.05 Å². The first-order chi connectivity index (χ1) is 11.5. The van der Waals surface area contributed by atoms with Gasteiger partial charge in [0.25, 0.3) is 5.91 Å². The fourth-order valence-electron chi connectivity index (χ4n) is 2.58. The van der Waals surface area contributed by atoms with Gasteiger partial charge in [0, 0.05) is 23.5 Å². The Kier molecular flexibility index (Phi) is 4.49. The molecule has 0 unspecified atom stereocenters. The molecule has 0 fully saturated rings. The molecule has 7 heteroatoms. The van der Waals surface area contributed by atoms with E-state index in [1.54, 1.807) is 18.2 Å². The van der Waals surface area contributed by atoms with Gasteiger partial charge in [-0.1, -0.05) is 11.6 Å². The highest BCUT2D eigenvalue weighted by molar-refractivity contribution is 6.31. The summed E-state index contributed by atoms with van der Waals surface area (Å²) < 4.78 is 7.37. The lowest BCUT2D eigenvalue weighted by Crippen LogP contribution is -2.45. The molecule has 0 saturated carbocycles. The van der Waals surface area contributed by atoms with Crippen molar-refractivity contribution < 1.29 is 14.3 Å². The van der Waals surface area contributed by atoms with Crippen molar-refractivity contribution in [3.8, 4) is 5.75 Å². The van der Waals surface area contributed by atoms with E-state index in [1.165, 1.54) is 4.90 Å². The molecule has 3 rings (SSSR count). The Labute approximate surface area is 145 Å². The zero-order valence-corrected chi connectivity index (χ0v) is 14.3. The quantitative estimate of drug-likeness (QED) is 0.920. The van der Waals surface area contributed by atoms with Crippen LogP contribution in [0.1, 0.15) is 11.4 Å². The minimum Gasteiger partial charge on any atom is -0.482 e. The van der Waals surface area contributed by atoms with Gasteiger partial charge in [0.2, 0.25) is 5.91 Å². The minimum atomic E-state index is -0.269. The van der Waals surface area contributed by atoms with Crippen molar-refractivity contribution in [3.63, 3.8) is 0 Å². The largest absolute Gasteiger partial charge is 0.482 e. The van der Waals surface area contributed by atoms with Gasteiger partial charge in [-0.3, -0.25) is 14.5 Å². The van der Waals surface area contributed by atoms with Crippen molar-refractivity contribution in [1.29, 1.82) is 0 Å². The number of hydrogen-bond acceptors (Lipinski definition) is 3. The zero-order chi connectivity index (χ0) is 17.3. The Morgan fingerprint density at radius 2 is 2.12 bits per heavy atom. The van der Waals surface area contributed by atoms with E-state index in [0.29, 0.717) is 23.0 Å². The molecule has 126 valence electrons. The van der Waals surface area contributed by atoms with Crippen LogP contribution in [0.25, 0.3) is 0 Å². The molecule has 1 aliphatic rings. The summed E-state index contributed by atoms with van der Waals surface area (Å²) in [6, 6.07) is 8.96. The van der Waals surface area contributed by atoms with E-state index in [-0.39, 0.29) is 25.0 Å². The smallest absolute Gasteiger partial charge is 0.265 e. The first-order valence-corrected chi connectivity index (χ1v) is 7.94. The number of carbonyl (C=O) groups excluding carboxylic acids is 2. The van der Waals surface area contributed by atoms with Gasteiger partial charge in [0.05, 0.1) is 12.2 Å². The number of hydrogen-bond donors (Lipinski definition) is 1. The molecule has 1 aromatic carbocycles. The number of rotatable bonds is 4. The molecule has 24 heavy (non-hydrogen) atoms. The molecule has 6 nitrogen and oxygen atoms in total. The maximum Gasteiger partial charge on any atom is 0.265 e. The van der Waals surface area contributed by atoms with Crippen molar-refractivity contribution in [1.82, 2.24) is 9.88 Å². The Bertz CT molecular complexity index is 800. The fraction of sp³-hybridized carbons (Fsp3) is 0.294. The third kappa shape index (κ3) is 3.23.